The summed E-state index contributed by atoms with van der Waals surface area (Å²) in [5.41, 5.74) is 5.93. The van der Waals surface area contributed by atoms with E-state index in [1.807, 2.05) is 170 Å². The van der Waals surface area contributed by atoms with Gasteiger partial charge in [0.15, 0.2) is 34.9 Å². The summed E-state index contributed by atoms with van der Waals surface area (Å²) in [6.07, 6.45) is 0. The van der Waals surface area contributed by atoms with E-state index in [9.17, 15) is 0 Å². The van der Waals surface area contributed by atoms with Crippen molar-refractivity contribution >= 4 is 28.5 Å². The molecular formula is C48H40BBrN6O2. The van der Waals surface area contributed by atoms with Crippen LogP contribution in [-0.4, -0.2) is 48.2 Å². The first-order valence-corrected chi connectivity index (χ1v) is 19.9. The minimum atomic E-state index is -0.401. The molecule has 8 aromatic rings. The van der Waals surface area contributed by atoms with Crippen molar-refractivity contribution in [1.82, 2.24) is 29.9 Å². The Morgan fingerprint density at radius 1 is 0.345 bits per heavy atom. The van der Waals surface area contributed by atoms with Crippen molar-refractivity contribution in [2.45, 2.75) is 38.9 Å². The van der Waals surface area contributed by atoms with Crippen molar-refractivity contribution < 1.29 is 9.31 Å². The molecule has 2 aromatic heterocycles. The van der Waals surface area contributed by atoms with Crippen LogP contribution >= 0.6 is 15.9 Å². The van der Waals surface area contributed by atoms with Gasteiger partial charge in [0, 0.05) is 37.9 Å². The molecule has 1 fully saturated rings. The predicted molar refractivity (Wildman–Crippen MR) is 236 cm³/mol. The minimum Gasteiger partial charge on any atom is -0.399 e. The lowest BCUT2D eigenvalue weighted by Crippen LogP contribution is -2.41. The van der Waals surface area contributed by atoms with Gasteiger partial charge in [0.25, 0.3) is 0 Å². The molecule has 3 heterocycles. The van der Waals surface area contributed by atoms with Crippen molar-refractivity contribution in [1.29, 1.82) is 0 Å². The van der Waals surface area contributed by atoms with Crippen molar-refractivity contribution in [3.8, 4) is 68.3 Å². The van der Waals surface area contributed by atoms with Crippen LogP contribution in [0.5, 0.6) is 0 Å². The van der Waals surface area contributed by atoms with Crippen LogP contribution in [0.25, 0.3) is 68.3 Å². The Bertz CT molecular complexity index is 2480. The van der Waals surface area contributed by atoms with Gasteiger partial charge in [-0.15, -0.1) is 0 Å². The maximum absolute atomic E-state index is 6.19. The number of hydrogen-bond donors (Lipinski definition) is 0. The zero-order valence-corrected chi connectivity index (χ0v) is 34.2. The first-order valence-electron chi connectivity index (χ1n) is 19.1. The van der Waals surface area contributed by atoms with E-state index in [1.54, 1.807) is 0 Å². The van der Waals surface area contributed by atoms with Gasteiger partial charge in [-0.1, -0.05) is 174 Å². The quantitative estimate of drug-likeness (QED) is 0.147. The fourth-order valence-electron chi connectivity index (χ4n) is 6.24. The molecule has 9 rings (SSSR count). The Kier molecular flexibility index (Phi) is 11.2. The maximum Gasteiger partial charge on any atom is 0.494 e. The van der Waals surface area contributed by atoms with Gasteiger partial charge in [-0.05, 0) is 45.3 Å². The molecule has 8 nitrogen and oxygen atoms in total. The fourth-order valence-corrected chi connectivity index (χ4v) is 6.51. The van der Waals surface area contributed by atoms with Crippen molar-refractivity contribution in [2.75, 3.05) is 0 Å². The third kappa shape index (κ3) is 8.70. The second-order valence-electron chi connectivity index (χ2n) is 14.8. The van der Waals surface area contributed by atoms with E-state index >= 15 is 0 Å². The average molecular weight is 824 g/mol. The summed E-state index contributed by atoms with van der Waals surface area (Å²) in [4.78, 5) is 28.4. The zero-order chi connectivity index (χ0) is 40.1. The third-order valence-electron chi connectivity index (χ3n) is 10.2. The molecule has 0 aliphatic carbocycles. The standard InChI is InChI=1S/C27H26BN3O2.C21H14BrN3/c1-26(2)27(3,4)33-28(32-26)22-17-15-21(16-18-22)25-30-23(19-11-7-5-8-12-19)29-24(31-25)20-13-9-6-10-14-20;22-18-13-11-17(12-14-18)21-24-19(15-7-3-1-4-8-15)23-20(25-21)16-9-5-2-6-10-16/h5-18H,1-4H3;1-14H. The van der Waals surface area contributed by atoms with E-state index in [0.717, 1.165) is 43.3 Å². The molecule has 0 spiro atoms. The molecule has 0 unspecified atom stereocenters. The Hall–Kier alpha value is -6.20. The molecule has 0 bridgehead atoms. The molecule has 0 atom stereocenters. The number of benzene rings is 6. The molecule has 0 saturated carbocycles. The molecular weight excluding hydrogens is 783 g/mol. The van der Waals surface area contributed by atoms with Crippen molar-refractivity contribution in [3.05, 3.63) is 174 Å². The van der Waals surface area contributed by atoms with Crippen LogP contribution in [-0.2, 0) is 9.31 Å². The number of hydrogen-bond acceptors (Lipinski definition) is 8. The second-order valence-corrected chi connectivity index (χ2v) is 15.7. The van der Waals surface area contributed by atoms with Crippen LogP contribution < -0.4 is 5.46 Å². The minimum absolute atomic E-state index is 0.375. The largest absolute Gasteiger partial charge is 0.494 e. The zero-order valence-electron chi connectivity index (χ0n) is 32.6. The molecule has 0 amide bonds. The average Bonchev–Trinajstić information content (AvgIpc) is 3.50. The number of halogens is 1. The molecule has 1 saturated heterocycles. The lowest BCUT2D eigenvalue weighted by molar-refractivity contribution is 0.00578. The van der Waals surface area contributed by atoms with Crippen LogP contribution in [0.3, 0.4) is 0 Å². The van der Waals surface area contributed by atoms with E-state index in [1.165, 1.54) is 0 Å². The SMILES string of the molecule is Brc1ccc(-c2nc(-c3ccccc3)nc(-c3ccccc3)n2)cc1.CC1(C)OB(c2ccc(-c3nc(-c4ccccc4)nc(-c4ccccc4)n3)cc2)OC1(C)C. The van der Waals surface area contributed by atoms with Gasteiger partial charge in [-0.3, -0.25) is 0 Å². The summed E-state index contributed by atoms with van der Waals surface area (Å²) >= 11 is 3.47. The van der Waals surface area contributed by atoms with Crippen LogP contribution in [0.1, 0.15) is 27.7 Å². The van der Waals surface area contributed by atoms with Crippen LogP contribution in [0.15, 0.2) is 174 Å². The van der Waals surface area contributed by atoms with Crippen LogP contribution in [0, 0.1) is 0 Å². The Labute approximate surface area is 347 Å². The summed E-state index contributed by atoms with van der Waals surface area (Å²) in [5.74, 6) is 3.94. The number of aromatic nitrogens is 6. The molecule has 284 valence electrons. The van der Waals surface area contributed by atoms with E-state index in [4.69, 9.17) is 34.2 Å². The van der Waals surface area contributed by atoms with Gasteiger partial charge in [0.1, 0.15) is 0 Å². The van der Waals surface area contributed by atoms with E-state index < -0.39 is 7.12 Å². The first kappa shape index (κ1) is 38.7. The summed E-state index contributed by atoms with van der Waals surface area (Å²) < 4.78 is 13.4. The van der Waals surface area contributed by atoms with Gasteiger partial charge < -0.3 is 9.31 Å². The summed E-state index contributed by atoms with van der Waals surface area (Å²) in [6.45, 7) is 8.23. The fraction of sp³-hybridized carbons (Fsp3) is 0.125. The highest BCUT2D eigenvalue weighted by Gasteiger charge is 2.51. The highest BCUT2D eigenvalue weighted by Crippen LogP contribution is 2.36. The Balaban J connectivity index is 0.000000168. The molecule has 0 radical (unpaired) electrons. The summed E-state index contributed by atoms with van der Waals surface area (Å²) in [6, 6.07) is 56.0. The van der Waals surface area contributed by atoms with Gasteiger partial charge in [-0.25, -0.2) is 29.9 Å². The molecule has 0 N–H and O–H groups in total. The lowest BCUT2D eigenvalue weighted by atomic mass is 9.79. The van der Waals surface area contributed by atoms with E-state index in [-0.39, 0.29) is 11.2 Å². The van der Waals surface area contributed by atoms with Gasteiger partial charge >= 0.3 is 7.12 Å². The highest BCUT2D eigenvalue weighted by molar-refractivity contribution is 9.10. The highest BCUT2D eigenvalue weighted by atomic mass is 79.9. The third-order valence-corrected chi connectivity index (χ3v) is 10.7. The monoisotopic (exact) mass is 822 g/mol. The Morgan fingerprint density at radius 2 is 0.586 bits per heavy atom. The van der Waals surface area contributed by atoms with E-state index in [2.05, 4.69) is 48.6 Å². The van der Waals surface area contributed by atoms with Crippen molar-refractivity contribution in [3.63, 3.8) is 0 Å². The topological polar surface area (TPSA) is 95.8 Å². The predicted octanol–water partition coefficient (Wildman–Crippen LogP) is 10.8. The molecule has 1 aliphatic rings. The van der Waals surface area contributed by atoms with Gasteiger partial charge in [0.2, 0.25) is 0 Å². The second kappa shape index (κ2) is 16.7. The molecule has 58 heavy (non-hydrogen) atoms. The van der Waals surface area contributed by atoms with E-state index in [0.29, 0.717) is 34.9 Å². The molecule has 1 aliphatic heterocycles. The van der Waals surface area contributed by atoms with Gasteiger partial charge in [-0.2, -0.15) is 0 Å². The summed E-state index contributed by atoms with van der Waals surface area (Å²) in [5, 5.41) is 0. The van der Waals surface area contributed by atoms with Crippen LogP contribution in [0.4, 0.5) is 0 Å². The normalized spacial score (nSPS) is 14.1. The molecule has 10 heteroatoms. The Morgan fingerprint density at radius 3 is 0.862 bits per heavy atom. The lowest BCUT2D eigenvalue weighted by Gasteiger charge is -2.32. The smallest absolute Gasteiger partial charge is 0.399 e. The molecule has 6 aromatic carbocycles. The van der Waals surface area contributed by atoms with Gasteiger partial charge in [0.05, 0.1) is 11.2 Å². The summed E-state index contributed by atoms with van der Waals surface area (Å²) in [7, 11) is -0.401. The number of nitrogens with zero attached hydrogens (tertiary/aromatic N) is 6. The maximum atomic E-state index is 6.19. The number of rotatable bonds is 7. The van der Waals surface area contributed by atoms with Crippen LogP contribution in [0.2, 0.25) is 0 Å². The first-order chi connectivity index (χ1) is 28.1. The van der Waals surface area contributed by atoms with Crippen molar-refractivity contribution in [2.24, 2.45) is 0 Å².